The minimum absolute atomic E-state index is 0.214. The van der Waals surface area contributed by atoms with Crippen LogP contribution in [0.2, 0.25) is 0 Å². The van der Waals surface area contributed by atoms with E-state index in [1.807, 2.05) is 59.5 Å². The van der Waals surface area contributed by atoms with Crippen molar-refractivity contribution < 1.29 is 15.0 Å². The normalized spacial score (nSPS) is 22.7. The molecule has 27 heavy (non-hydrogen) atoms. The molecule has 1 aliphatic rings. The summed E-state index contributed by atoms with van der Waals surface area (Å²) < 4.78 is 0. The van der Waals surface area contributed by atoms with Crippen molar-refractivity contribution in [1.29, 1.82) is 0 Å². The molecule has 0 saturated carbocycles. The van der Waals surface area contributed by atoms with Gasteiger partial charge < -0.3 is 15.1 Å². The zero-order valence-corrected chi connectivity index (χ0v) is 14.8. The summed E-state index contributed by atoms with van der Waals surface area (Å²) in [4.78, 5) is 23.0. The molecule has 0 unspecified atom stereocenters. The van der Waals surface area contributed by atoms with Gasteiger partial charge in [0, 0.05) is 13.1 Å². The molecular weight excluding hydrogens is 342 g/mol. The molecule has 0 amide bonds. The van der Waals surface area contributed by atoms with Crippen molar-refractivity contribution in [3.63, 3.8) is 0 Å². The summed E-state index contributed by atoms with van der Waals surface area (Å²) >= 11 is 0. The molecule has 1 saturated heterocycles. The smallest absolute Gasteiger partial charge is 0.312 e. The number of piperidine rings is 1. The van der Waals surface area contributed by atoms with Crippen molar-refractivity contribution in [1.82, 2.24) is 9.97 Å². The molecule has 0 aliphatic carbocycles. The first-order chi connectivity index (χ1) is 13.1. The quantitative estimate of drug-likeness (QED) is 0.741. The molecule has 0 bridgehead atoms. The van der Waals surface area contributed by atoms with E-state index in [0.29, 0.717) is 25.2 Å². The highest BCUT2D eigenvalue weighted by atomic mass is 16.4. The summed E-state index contributed by atoms with van der Waals surface area (Å²) in [6.45, 7) is 0.718. The molecule has 0 spiro atoms. The van der Waals surface area contributed by atoms with Crippen LogP contribution in [0.3, 0.4) is 0 Å². The maximum absolute atomic E-state index is 12.1. The number of rotatable bonds is 4. The predicted octanol–water partition coefficient (Wildman–Crippen LogP) is 2.51. The number of carboxylic acid groups (broad SMARTS) is 1. The second kappa shape index (κ2) is 6.96. The number of carboxylic acids is 1. The number of β-amino-alcohol motifs (C(OH)–C–C–N with tert-alkyl or cyclic N) is 1. The van der Waals surface area contributed by atoms with Gasteiger partial charge in [0.2, 0.25) is 0 Å². The van der Waals surface area contributed by atoms with Gasteiger partial charge in [-0.1, -0.05) is 42.5 Å². The van der Waals surface area contributed by atoms with Gasteiger partial charge in [0.25, 0.3) is 0 Å². The zero-order valence-electron chi connectivity index (χ0n) is 14.8. The van der Waals surface area contributed by atoms with E-state index in [9.17, 15) is 15.0 Å². The first kappa shape index (κ1) is 17.4. The van der Waals surface area contributed by atoms with Crippen LogP contribution in [-0.2, 0) is 11.2 Å². The topological polar surface area (TPSA) is 86.5 Å². The number of aliphatic carboxylic acids is 1. The second-order valence-corrected chi connectivity index (χ2v) is 7.05. The third-order valence-corrected chi connectivity index (χ3v) is 5.41. The van der Waals surface area contributed by atoms with E-state index < -0.39 is 17.5 Å². The summed E-state index contributed by atoms with van der Waals surface area (Å²) in [6, 6.07) is 17.1. The highest BCUT2D eigenvalue weighted by molar-refractivity contribution is 5.77. The van der Waals surface area contributed by atoms with E-state index in [2.05, 4.69) is 9.97 Å². The molecule has 4 rings (SSSR count). The lowest BCUT2D eigenvalue weighted by Crippen LogP contribution is -2.56. The maximum atomic E-state index is 12.1. The molecule has 1 aromatic heterocycles. The Bertz CT molecular complexity index is 963. The van der Waals surface area contributed by atoms with Gasteiger partial charge in [-0.15, -0.1) is 0 Å². The fraction of sp³-hybridized carbons (Fsp3) is 0.286. The van der Waals surface area contributed by atoms with E-state index in [4.69, 9.17) is 0 Å². The lowest BCUT2D eigenvalue weighted by atomic mass is 9.71. The van der Waals surface area contributed by atoms with E-state index in [1.165, 1.54) is 0 Å². The van der Waals surface area contributed by atoms with Crippen LogP contribution in [-0.4, -0.2) is 45.3 Å². The third-order valence-electron chi connectivity index (χ3n) is 5.41. The first-order valence-electron chi connectivity index (χ1n) is 9.01. The SMILES string of the molecule is O=C(O)[C@@]1(Cc2ccccc2)CCN(c2cnc3ccccc3n2)C[C@H]1O. The Morgan fingerprint density at radius 3 is 2.52 bits per heavy atom. The highest BCUT2D eigenvalue weighted by Crippen LogP contribution is 2.37. The van der Waals surface area contributed by atoms with Crippen LogP contribution in [0.15, 0.2) is 60.8 Å². The Balaban J connectivity index is 1.58. The van der Waals surface area contributed by atoms with Crippen LogP contribution in [0, 0.1) is 5.41 Å². The Labute approximate surface area is 157 Å². The average Bonchev–Trinajstić information content (AvgIpc) is 2.70. The number of hydrogen-bond acceptors (Lipinski definition) is 5. The largest absolute Gasteiger partial charge is 0.481 e. The van der Waals surface area contributed by atoms with Gasteiger partial charge in [-0.25, -0.2) is 4.98 Å². The van der Waals surface area contributed by atoms with Gasteiger partial charge in [-0.2, -0.15) is 0 Å². The fourth-order valence-corrected chi connectivity index (χ4v) is 3.78. The monoisotopic (exact) mass is 363 g/mol. The van der Waals surface area contributed by atoms with Crippen molar-refractivity contribution in [2.45, 2.75) is 18.9 Å². The number of anilines is 1. The molecule has 1 fully saturated rings. The van der Waals surface area contributed by atoms with Crippen LogP contribution >= 0.6 is 0 Å². The number of aliphatic hydroxyl groups is 1. The number of benzene rings is 2. The van der Waals surface area contributed by atoms with Crippen LogP contribution < -0.4 is 4.90 Å². The summed E-state index contributed by atoms with van der Waals surface area (Å²) in [5.74, 6) is -0.297. The van der Waals surface area contributed by atoms with Crippen LogP contribution in [0.1, 0.15) is 12.0 Å². The van der Waals surface area contributed by atoms with Gasteiger partial charge in [0.15, 0.2) is 0 Å². The highest BCUT2D eigenvalue weighted by Gasteiger charge is 2.48. The number of nitrogens with zero attached hydrogens (tertiary/aromatic N) is 3. The van der Waals surface area contributed by atoms with Gasteiger partial charge >= 0.3 is 5.97 Å². The molecule has 1 aliphatic heterocycles. The number of fused-ring (bicyclic) bond motifs is 1. The second-order valence-electron chi connectivity index (χ2n) is 7.05. The van der Waals surface area contributed by atoms with E-state index in [-0.39, 0.29) is 6.54 Å². The summed E-state index contributed by atoms with van der Waals surface area (Å²) in [6.07, 6.45) is 1.33. The molecule has 2 atom stereocenters. The fourth-order valence-electron chi connectivity index (χ4n) is 3.78. The predicted molar refractivity (Wildman–Crippen MR) is 103 cm³/mol. The molecule has 3 aromatic rings. The van der Waals surface area contributed by atoms with Crippen molar-refractivity contribution >= 4 is 22.8 Å². The van der Waals surface area contributed by atoms with Gasteiger partial charge in [-0.3, -0.25) is 9.78 Å². The maximum Gasteiger partial charge on any atom is 0.312 e. The van der Waals surface area contributed by atoms with Gasteiger partial charge in [0.05, 0.1) is 23.3 Å². The molecule has 6 nitrogen and oxygen atoms in total. The number of aliphatic hydroxyl groups excluding tert-OH is 1. The Morgan fingerprint density at radius 2 is 1.81 bits per heavy atom. The van der Waals surface area contributed by atoms with Crippen LogP contribution in [0.25, 0.3) is 11.0 Å². The number of para-hydroxylation sites is 2. The van der Waals surface area contributed by atoms with Crippen molar-refractivity contribution in [2.75, 3.05) is 18.0 Å². The number of carbonyl (C=O) groups is 1. The Hall–Kier alpha value is -2.99. The molecule has 2 aromatic carbocycles. The molecule has 138 valence electrons. The van der Waals surface area contributed by atoms with Crippen molar-refractivity contribution in [2.24, 2.45) is 5.41 Å². The first-order valence-corrected chi connectivity index (χ1v) is 9.01. The lowest BCUT2D eigenvalue weighted by molar-refractivity contribution is -0.158. The van der Waals surface area contributed by atoms with Crippen LogP contribution in [0.4, 0.5) is 5.82 Å². The summed E-state index contributed by atoms with van der Waals surface area (Å²) in [5, 5.41) is 20.7. The molecular formula is C21H21N3O3. The summed E-state index contributed by atoms with van der Waals surface area (Å²) in [5.41, 5.74) is 1.31. The van der Waals surface area contributed by atoms with Crippen LogP contribution in [0.5, 0.6) is 0 Å². The molecule has 2 heterocycles. The molecule has 0 radical (unpaired) electrons. The zero-order chi connectivity index (χ0) is 18.9. The minimum Gasteiger partial charge on any atom is -0.481 e. The standard InChI is InChI=1S/C21H21N3O3/c25-18-14-24(19-13-22-16-8-4-5-9-17(16)23-19)11-10-21(18,20(26)27)12-15-6-2-1-3-7-15/h1-9,13,18,25H,10-12,14H2,(H,26,27)/t18-,21-/m1/s1. The van der Waals surface area contributed by atoms with Crippen molar-refractivity contribution in [3.05, 3.63) is 66.4 Å². The number of hydrogen-bond donors (Lipinski definition) is 2. The Kier molecular flexibility index (Phi) is 4.49. The van der Waals surface area contributed by atoms with Gasteiger partial charge in [0.1, 0.15) is 11.2 Å². The van der Waals surface area contributed by atoms with Gasteiger partial charge in [-0.05, 0) is 30.5 Å². The number of aromatic nitrogens is 2. The van der Waals surface area contributed by atoms with E-state index in [0.717, 1.165) is 16.6 Å². The molecule has 2 N–H and O–H groups in total. The average molecular weight is 363 g/mol. The lowest BCUT2D eigenvalue weighted by Gasteiger charge is -2.43. The van der Waals surface area contributed by atoms with E-state index in [1.54, 1.807) is 6.20 Å². The Morgan fingerprint density at radius 1 is 1.11 bits per heavy atom. The third kappa shape index (κ3) is 3.24. The van der Waals surface area contributed by atoms with E-state index >= 15 is 0 Å². The minimum atomic E-state index is -1.19. The van der Waals surface area contributed by atoms with Crippen molar-refractivity contribution in [3.8, 4) is 0 Å². The summed E-state index contributed by atoms with van der Waals surface area (Å²) in [7, 11) is 0. The molecule has 6 heteroatoms.